The van der Waals surface area contributed by atoms with E-state index in [1.54, 1.807) is 0 Å². The Bertz CT molecular complexity index is 189. The van der Waals surface area contributed by atoms with Crippen molar-refractivity contribution in [3.63, 3.8) is 0 Å². The molecule has 0 aromatic heterocycles. The van der Waals surface area contributed by atoms with E-state index in [1.165, 1.54) is 7.11 Å². The van der Waals surface area contributed by atoms with Crippen molar-refractivity contribution < 1.29 is 9.53 Å². The monoisotopic (exact) mass is 169 g/mol. The zero-order valence-electron chi connectivity index (χ0n) is 7.62. The van der Waals surface area contributed by atoms with Crippen LogP contribution in [-0.4, -0.2) is 31.1 Å². The predicted molar refractivity (Wildman–Crippen MR) is 46.5 cm³/mol. The average Bonchev–Trinajstić information content (AvgIpc) is 2.09. The summed E-state index contributed by atoms with van der Waals surface area (Å²) in [5, 5.41) is 0. The second-order valence-electron chi connectivity index (χ2n) is 3.15. The van der Waals surface area contributed by atoms with Crippen molar-refractivity contribution in [1.82, 2.24) is 4.90 Å². The van der Waals surface area contributed by atoms with Gasteiger partial charge in [0.25, 0.3) is 0 Å². The topological polar surface area (TPSA) is 29.5 Å². The van der Waals surface area contributed by atoms with Gasteiger partial charge in [0.1, 0.15) is 6.54 Å². The molecule has 0 aromatic rings. The average molecular weight is 169 g/mol. The fourth-order valence-electron chi connectivity index (χ4n) is 1.17. The maximum absolute atomic E-state index is 10.9. The van der Waals surface area contributed by atoms with E-state index in [0.29, 0.717) is 12.5 Å². The van der Waals surface area contributed by atoms with Gasteiger partial charge in [-0.3, -0.25) is 4.79 Å². The second kappa shape index (κ2) is 4.14. The lowest BCUT2D eigenvalue weighted by molar-refractivity contribution is -0.141. The van der Waals surface area contributed by atoms with E-state index in [1.807, 2.05) is 11.1 Å². The number of carbonyl (C=O) groups excluding carboxylic acids is 1. The van der Waals surface area contributed by atoms with Gasteiger partial charge < -0.3 is 9.64 Å². The van der Waals surface area contributed by atoms with Gasteiger partial charge in [-0.25, -0.2) is 0 Å². The first-order chi connectivity index (χ1) is 5.72. The highest BCUT2D eigenvalue weighted by Gasteiger charge is 2.11. The lowest BCUT2D eigenvalue weighted by atomic mass is 10.1. The number of methoxy groups -OCH3 is 1. The Balaban J connectivity index is 2.35. The molecule has 68 valence electrons. The Morgan fingerprint density at radius 1 is 1.75 bits per heavy atom. The number of nitrogens with zero attached hydrogens (tertiary/aromatic N) is 1. The van der Waals surface area contributed by atoms with Crippen LogP contribution in [0.25, 0.3) is 0 Å². The zero-order valence-corrected chi connectivity index (χ0v) is 7.62. The molecular weight excluding hydrogens is 154 g/mol. The Kier molecular flexibility index (Phi) is 3.14. The van der Waals surface area contributed by atoms with Crippen molar-refractivity contribution in [3.8, 4) is 0 Å². The third-order valence-electron chi connectivity index (χ3n) is 2.06. The van der Waals surface area contributed by atoms with Crippen LogP contribution in [-0.2, 0) is 9.53 Å². The van der Waals surface area contributed by atoms with Crippen molar-refractivity contribution in [2.75, 3.05) is 20.2 Å². The van der Waals surface area contributed by atoms with Crippen LogP contribution in [0.2, 0.25) is 0 Å². The molecular formula is C9H15NO2. The number of esters is 1. The molecule has 0 aromatic carbocycles. The normalized spacial score (nSPS) is 22.5. The number of hydrogen-bond acceptors (Lipinski definition) is 3. The summed E-state index contributed by atoms with van der Waals surface area (Å²) in [5.74, 6) is 0.466. The molecule has 1 unspecified atom stereocenters. The first-order valence-corrected chi connectivity index (χ1v) is 4.21. The van der Waals surface area contributed by atoms with Gasteiger partial charge in [-0.15, -0.1) is 0 Å². The molecule has 0 fully saturated rings. The highest BCUT2D eigenvalue weighted by molar-refractivity contribution is 5.71. The van der Waals surface area contributed by atoms with Crippen LogP contribution in [0, 0.1) is 5.92 Å². The van der Waals surface area contributed by atoms with Crippen LogP contribution in [0.1, 0.15) is 13.3 Å². The molecule has 0 amide bonds. The van der Waals surface area contributed by atoms with E-state index in [0.717, 1.165) is 13.0 Å². The van der Waals surface area contributed by atoms with Gasteiger partial charge >= 0.3 is 5.97 Å². The molecule has 12 heavy (non-hydrogen) atoms. The summed E-state index contributed by atoms with van der Waals surface area (Å²) >= 11 is 0. The molecule has 1 atom stereocenters. The summed E-state index contributed by atoms with van der Waals surface area (Å²) in [7, 11) is 1.42. The molecule has 0 saturated heterocycles. The minimum absolute atomic E-state index is 0.172. The van der Waals surface area contributed by atoms with E-state index in [2.05, 4.69) is 17.7 Å². The number of hydrogen-bond donors (Lipinski definition) is 0. The lowest BCUT2D eigenvalue weighted by Crippen LogP contribution is -2.29. The molecule has 1 rings (SSSR count). The van der Waals surface area contributed by atoms with Crippen molar-refractivity contribution in [2.45, 2.75) is 13.3 Å². The van der Waals surface area contributed by atoms with Gasteiger partial charge in [0, 0.05) is 6.54 Å². The fourth-order valence-corrected chi connectivity index (χ4v) is 1.17. The highest BCUT2D eigenvalue weighted by Crippen LogP contribution is 2.11. The molecule has 0 N–H and O–H groups in total. The van der Waals surface area contributed by atoms with E-state index in [9.17, 15) is 4.79 Å². The molecule has 1 aliphatic rings. The van der Waals surface area contributed by atoms with E-state index in [-0.39, 0.29) is 5.97 Å². The maximum atomic E-state index is 10.9. The highest BCUT2D eigenvalue weighted by atomic mass is 16.5. The van der Waals surface area contributed by atoms with Gasteiger partial charge in [0.2, 0.25) is 0 Å². The van der Waals surface area contributed by atoms with Crippen LogP contribution in [0.4, 0.5) is 0 Å². The molecule has 1 aliphatic heterocycles. The minimum atomic E-state index is -0.172. The van der Waals surface area contributed by atoms with E-state index >= 15 is 0 Å². The van der Waals surface area contributed by atoms with Crippen LogP contribution in [0.3, 0.4) is 0 Å². The Morgan fingerprint density at radius 3 is 3.00 bits per heavy atom. The van der Waals surface area contributed by atoms with E-state index < -0.39 is 0 Å². The minimum Gasteiger partial charge on any atom is -0.468 e. The Labute approximate surface area is 73.0 Å². The van der Waals surface area contributed by atoms with Crippen molar-refractivity contribution >= 4 is 5.97 Å². The Morgan fingerprint density at radius 2 is 2.50 bits per heavy atom. The van der Waals surface area contributed by atoms with E-state index in [4.69, 9.17) is 0 Å². The number of allylic oxidation sites excluding steroid dienone is 1. The third-order valence-corrected chi connectivity index (χ3v) is 2.06. The molecule has 3 heteroatoms. The fraction of sp³-hybridized carbons (Fsp3) is 0.667. The summed E-state index contributed by atoms with van der Waals surface area (Å²) in [5.41, 5.74) is 0. The van der Waals surface area contributed by atoms with Crippen molar-refractivity contribution in [3.05, 3.63) is 12.3 Å². The Hall–Kier alpha value is -0.990. The summed E-state index contributed by atoms with van der Waals surface area (Å²) in [6, 6.07) is 0. The van der Waals surface area contributed by atoms with Gasteiger partial charge in [0.05, 0.1) is 7.11 Å². The maximum Gasteiger partial charge on any atom is 0.325 e. The first-order valence-electron chi connectivity index (χ1n) is 4.21. The summed E-state index contributed by atoms with van der Waals surface area (Å²) in [6.07, 6.45) is 5.21. The molecule has 3 nitrogen and oxygen atoms in total. The first kappa shape index (κ1) is 9.10. The van der Waals surface area contributed by atoms with Crippen LogP contribution in [0.15, 0.2) is 12.3 Å². The van der Waals surface area contributed by atoms with Gasteiger partial charge in [-0.2, -0.15) is 0 Å². The quantitative estimate of drug-likeness (QED) is 0.578. The molecule has 0 bridgehead atoms. The van der Waals surface area contributed by atoms with Crippen LogP contribution in [0.5, 0.6) is 0 Å². The van der Waals surface area contributed by atoms with Crippen LogP contribution < -0.4 is 0 Å². The zero-order chi connectivity index (χ0) is 8.97. The third kappa shape index (κ3) is 2.57. The number of carbonyl (C=O) groups is 1. The number of ether oxygens (including phenoxy) is 1. The molecule has 0 aliphatic carbocycles. The number of rotatable bonds is 2. The van der Waals surface area contributed by atoms with Crippen LogP contribution >= 0.6 is 0 Å². The lowest BCUT2D eigenvalue weighted by Gasteiger charge is -2.24. The molecule has 0 radical (unpaired) electrons. The summed E-state index contributed by atoms with van der Waals surface area (Å²) in [6.45, 7) is 3.50. The SMILES string of the molecule is COC(=O)CN1C=CC(C)CC1. The summed E-state index contributed by atoms with van der Waals surface area (Å²) in [4.78, 5) is 12.8. The molecule has 0 spiro atoms. The smallest absolute Gasteiger partial charge is 0.325 e. The second-order valence-corrected chi connectivity index (χ2v) is 3.15. The largest absolute Gasteiger partial charge is 0.468 e. The van der Waals surface area contributed by atoms with Crippen molar-refractivity contribution in [2.24, 2.45) is 5.92 Å². The predicted octanol–water partition coefficient (Wildman–Crippen LogP) is 1.01. The van der Waals surface area contributed by atoms with Gasteiger partial charge in [-0.05, 0) is 18.5 Å². The molecule has 0 saturated carbocycles. The van der Waals surface area contributed by atoms with Crippen molar-refractivity contribution in [1.29, 1.82) is 0 Å². The standard InChI is InChI=1S/C9H15NO2/c1-8-3-5-10(6-4-8)7-9(11)12-2/h3,5,8H,4,6-7H2,1-2H3. The van der Waals surface area contributed by atoms with Gasteiger partial charge in [-0.1, -0.05) is 13.0 Å². The molecule has 1 heterocycles. The summed E-state index contributed by atoms with van der Waals surface area (Å²) < 4.78 is 4.57. The van der Waals surface area contributed by atoms with Gasteiger partial charge in [0.15, 0.2) is 0 Å².